The number of carbonyl (C=O) groups excluding carboxylic acids is 1. The Bertz CT molecular complexity index is 92.5. The van der Waals surface area contributed by atoms with Gasteiger partial charge in [-0.15, -0.1) is 0 Å². The van der Waals surface area contributed by atoms with Crippen molar-refractivity contribution in [2.45, 2.75) is 12.8 Å². The van der Waals surface area contributed by atoms with Gasteiger partial charge in [0.25, 0.3) is 0 Å². The van der Waals surface area contributed by atoms with E-state index in [0.29, 0.717) is 11.8 Å². The quantitative estimate of drug-likeness (QED) is 0.472. The molecule has 0 aromatic carbocycles. The van der Waals surface area contributed by atoms with Gasteiger partial charge in [0.05, 0.1) is 0 Å². The van der Waals surface area contributed by atoms with E-state index in [-0.39, 0.29) is 0 Å². The Morgan fingerprint density at radius 3 is 2.88 bits per heavy atom. The summed E-state index contributed by atoms with van der Waals surface area (Å²) >= 11 is 3.33. The SMILES string of the molecule is O=C[C@@H]1C[C@H]1CCBr. The molecule has 1 rings (SSSR count). The molecule has 0 heterocycles. The van der Waals surface area contributed by atoms with E-state index in [1.807, 2.05) is 0 Å². The summed E-state index contributed by atoms with van der Waals surface area (Å²) in [6, 6.07) is 0. The Labute approximate surface area is 57.6 Å². The molecule has 1 saturated carbocycles. The molecule has 2 atom stereocenters. The van der Waals surface area contributed by atoms with Gasteiger partial charge in [0.2, 0.25) is 0 Å². The van der Waals surface area contributed by atoms with Crippen LogP contribution in [0.25, 0.3) is 0 Å². The lowest BCUT2D eigenvalue weighted by Gasteiger charge is -1.84. The smallest absolute Gasteiger partial charge is 0.123 e. The molecule has 0 amide bonds. The molecule has 0 radical (unpaired) electrons. The highest BCUT2D eigenvalue weighted by molar-refractivity contribution is 9.09. The maximum atomic E-state index is 10.0. The first-order valence-corrected chi connectivity index (χ1v) is 4.02. The molecular weight excluding hydrogens is 168 g/mol. The number of halogens is 1. The zero-order valence-electron chi connectivity index (χ0n) is 4.64. The van der Waals surface area contributed by atoms with Crippen LogP contribution < -0.4 is 0 Å². The van der Waals surface area contributed by atoms with Gasteiger partial charge < -0.3 is 4.79 Å². The standard InChI is InChI=1S/C6H9BrO/c7-2-1-5-3-6(5)4-8/h4-6H,1-3H2/t5-,6+/m1/s1. The Balaban J connectivity index is 2.07. The zero-order valence-corrected chi connectivity index (χ0v) is 6.23. The Morgan fingerprint density at radius 1 is 1.75 bits per heavy atom. The second kappa shape index (κ2) is 2.62. The normalized spacial score (nSPS) is 34.6. The second-order valence-corrected chi connectivity index (χ2v) is 3.07. The largest absolute Gasteiger partial charge is 0.303 e. The van der Waals surface area contributed by atoms with Crippen molar-refractivity contribution in [3.63, 3.8) is 0 Å². The van der Waals surface area contributed by atoms with Crippen molar-refractivity contribution in [1.82, 2.24) is 0 Å². The summed E-state index contributed by atoms with van der Waals surface area (Å²) in [5, 5.41) is 1.04. The molecule has 0 spiro atoms. The van der Waals surface area contributed by atoms with Crippen LogP contribution in [-0.4, -0.2) is 11.6 Å². The van der Waals surface area contributed by atoms with Crippen molar-refractivity contribution in [2.24, 2.45) is 11.8 Å². The molecule has 0 bridgehead atoms. The summed E-state index contributed by atoms with van der Waals surface area (Å²) in [4.78, 5) is 10.0. The second-order valence-electron chi connectivity index (χ2n) is 2.27. The topological polar surface area (TPSA) is 17.1 Å². The lowest BCUT2D eigenvalue weighted by Crippen LogP contribution is -1.83. The maximum Gasteiger partial charge on any atom is 0.123 e. The Morgan fingerprint density at radius 2 is 2.50 bits per heavy atom. The van der Waals surface area contributed by atoms with Gasteiger partial charge in [-0.2, -0.15) is 0 Å². The van der Waals surface area contributed by atoms with Crippen molar-refractivity contribution >= 4 is 22.2 Å². The van der Waals surface area contributed by atoms with Crippen LogP contribution in [0.5, 0.6) is 0 Å². The molecule has 0 aliphatic heterocycles. The van der Waals surface area contributed by atoms with Crippen molar-refractivity contribution in [3.8, 4) is 0 Å². The highest BCUT2D eigenvalue weighted by atomic mass is 79.9. The van der Waals surface area contributed by atoms with E-state index in [0.717, 1.165) is 18.0 Å². The van der Waals surface area contributed by atoms with E-state index in [4.69, 9.17) is 0 Å². The molecule has 0 unspecified atom stereocenters. The molecule has 1 fully saturated rings. The number of alkyl halides is 1. The first-order valence-electron chi connectivity index (χ1n) is 2.89. The fourth-order valence-corrected chi connectivity index (χ4v) is 1.50. The van der Waals surface area contributed by atoms with Crippen molar-refractivity contribution in [1.29, 1.82) is 0 Å². The minimum atomic E-state index is 0.410. The van der Waals surface area contributed by atoms with Crippen molar-refractivity contribution in [3.05, 3.63) is 0 Å². The fourth-order valence-electron chi connectivity index (χ4n) is 0.910. The molecule has 0 saturated heterocycles. The van der Waals surface area contributed by atoms with E-state index in [9.17, 15) is 4.79 Å². The summed E-state index contributed by atoms with van der Waals surface area (Å²) in [6.07, 6.45) is 3.38. The van der Waals surface area contributed by atoms with Gasteiger partial charge in [-0.3, -0.25) is 0 Å². The first-order chi connectivity index (χ1) is 3.88. The molecular formula is C6H9BrO. The summed E-state index contributed by atoms with van der Waals surface area (Å²) < 4.78 is 0. The van der Waals surface area contributed by atoms with Crippen LogP contribution in [0, 0.1) is 11.8 Å². The van der Waals surface area contributed by atoms with Gasteiger partial charge in [-0.05, 0) is 18.8 Å². The predicted octanol–water partition coefficient (Wildman–Crippen LogP) is 1.61. The van der Waals surface area contributed by atoms with Gasteiger partial charge in [0.1, 0.15) is 6.29 Å². The van der Waals surface area contributed by atoms with Gasteiger partial charge in [0.15, 0.2) is 0 Å². The van der Waals surface area contributed by atoms with Gasteiger partial charge in [0, 0.05) is 11.2 Å². The maximum absolute atomic E-state index is 10.0. The molecule has 0 aromatic heterocycles. The average molecular weight is 177 g/mol. The summed E-state index contributed by atoms with van der Waals surface area (Å²) in [5.74, 6) is 1.12. The molecule has 8 heavy (non-hydrogen) atoms. The van der Waals surface area contributed by atoms with E-state index >= 15 is 0 Å². The van der Waals surface area contributed by atoms with Gasteiger partial charge in [-0.25, -0.2) is 0 Å². The highest BCUT2D eigenvalue weighted by Crippen LogP contribution is 2.39. The number of hydrogen-bond donors (Lipinski definition) is 0. The number of rotatable bonds is 3. The number of hydrogen-bond acceptors (Lipinski definition) is 1. The van der Waals surface area contributed by atoms with Crippen LogP contribution >= 0.6 is 15.9 Å². The van der Waals surface area contributed by atoms with E-state index in [2.05, 4.69) is 15.9 Å². The van der Waals surface area contributed by atoms with E-state index in [1.54, 1.807) is 0 Å². The summed E-state index contributed by atoms with van der Waals surface area (Å²) in [7, 11) is 0. The summed E-state index contributed by atoms with van der Waals surface area (Å²) in [6.45, 7) is 0. The minimum Gasteiger partial charge on any atom is -0.303 e. The van der Waals surface area contributed by atoms with Crippen LogP contribution in [0.15, 0.2) is 0 Å². The third-order valence-corrected chi connectivity index (χ3v) is 2.09. The van der Waals surface area contributed by atoms with E-state index < -0.39 is 0 Å². The summed E-state index contributed by atoms with van der Waals surface area (Å²) in [5.41, 5.74) is 0. The van der Waals surface area contributed by atoms with E-state index in [1.165, 1.54) is 6.42 Å². The van der Waals surface area contributed by atoms with Crippen LogP contribution in [-0.2, 0) is 4.79 Å². The first kappa shape index (κ1) is 6.27. The van der Waals surface area contributed by atoms with Gasteiger partial charge >= 0.3 is 0 Å². The Hall–Kier alpha value is 0.150. The Kier molecular flexibility index (Phi) is 2.06. The third kappa shape index (κ3) is 1.31. The molecule has 2 heteroatoms. The molecule has 1 aliphatic carbocycles. The fraction of sp³-hybridized carbons (Fsp3) is 0.833. The average Bonchev–Trinajstić information content (AvgIpc) is 2.48. The molecule has 46 valence electrons. The number of carbonyl (C=O) groups is 1. The lowest BCUT2D eigenvalue weighted by atomic mass is 10.3. The minimum absolute atomic E-state index is 0.410. The van der Waals surface area contributed by atoms with Crippen LogP contribution in [0.2, 0.25) is 0 Å². The molecule has 0 aromatic rings. The lowest BCUT2D eigenvalue weighted by molar-refractivity contribution is -0.109. The van der Waals surface area contributed by atoms with Crippen molar-refractivity contribution < 1.29 is 4.79 Å². The van der Waals surface area contributed by atoms with Gasteiger partial charge in [-0.1, -0.05) is 15.9 Å². The van der Waals surface area contributed by atoms with Crippen LogP contribution in [0.3, 0.4) is 0 Å². The van der Waals surface area contributed by atoms with Crippen LogP contribution in [0.4, 0.5) is 0 Å². The molecule has 0 N–H and O–H groups in total. The predicted molar refractivity (Wildman–Crippen MR) is 36.1 cm³/mol. The highest BCUT2D eigenvalue weighted by Gasteiger charge is 2.35. The molecule has 1 nitrogen and oxygen atoms in total. The van der Waals surface area contributed by atoms with Crippen molar-refractivity contribution in [2.75, 3.05) is 5.33 Å². The molecule has 1 aliphatic rings. The number of aldehydes is 1. The zero-order chi connectivity index (χ0) is 5.98. The van der Waals surface area contributed by atoms with Crippen LogP contribution in [0.1, 0.15) is 12.8 Å². The third-order valence-electron chi connectivity index (χ3n) is 1.63. The monoisotopic (exact) mass is 176 g/mol.